The van der Waals surface area contributed by atoms with Gasteiger partial charge in [-0.15, -0.1) is 0 Å². The SMILES string of the molecule is O=C(Nc1ccc(N2CCCC2)c(C(=O)N2CCCCC2)c1)c1ccc(Cl)cc1. The number of halogens is 1. The molecule has 2 saturated heterocycles. The number of nitrogens with one attached hydrogen (secondary N) is 1. The van der Waals surface area contributed by atoms with Crippen LogP contribution in [-0.2, 0) is 0 Å². The van der Waals surface area contributed by atoms with Crippen LogP contribution >= 0.6 is 11.6 Å². The van der Waals surface area contributed by atoms with Crippen molar-refractivity contribution in [3.63, 3.8) is 0 Å². The predicted molar refractivity (Wildman–Crippen MR) is 117 cm³/mol. The third-order valence-corrected chi connectivity index (χ3v) is 5.93. The maximum absolute atomic E-state index is 13.3. The Bertz CT molecular complexity index is 885. The van der Waals surface area contributed by atoms with Crippen molar-refractivity contribution < 1.29 is 9.59 Å². The van der Waals surface area contributed by atoms with Crippen LogP contribution in [0.1, 0.15) is 52.8 Å². The Morgan fingerprint density at radius 2 is 1.48 bits per heavy atom. The highest BCUT2D eigenvalue weighted by molar-refractivity contribution is 6.30. The van der Waals surface area contributed by atoms with E-state index in [0.29, 0.717) is 21.8 Å². The molecule has 29 heavy (non-hydrogen) atoms. The number of nitrogens with zero attached hydrogens (tertiary/aromatic N) is 2. The number of likely N-dealkylation sites (tertiary alicyclic amines) is 1. The fourth-order valence-corrected chi connectivity index (χ4v) is 4.22. The molecule has 5 nitrogen and oxygen atoms in total. The van der Waals surface area contributed by atoms with Crippen molar-refractivity contribution in [3.05, 3.63) is 58.6 Å². The first kappa shape index (κ1) is 19.8. The number of benzene rings is 2. The zero-order chi connectivity index (χ0) is 20.2. The zero-order valence-corrected chi connectivity index (χ0v) is 17.3. The van der Waals surface area contributed by atoms with Gasteiger partial charge in [-0.1, -0.05) is 11.6 Å². The zero-order valence-electron chi connectivity index (χ0n) is 16.5. The van der Waals surface area contributed by atoms with Gasteiger partial charge in [0.25, 0.3) is 11.8 Å². The maximum atomic E-state index is 13.3. The summed E-state index contributed by atoms with van der Waals surface area (Å²) >= 11 is 5.91. The first-order valence-electron chi connectivity index (χ1n) is 10.4. The number of amides is 2. The Kier molecular flexibility index (Phi) is 6.05. The fourth-order valence-electron chi connectivity index (χ4n) is 4.09. The summed E-state index contributed by atoms with van der Waals surface area (Å²) in [7, 11) is 0. The summed E-state index contributed by atoms with van der Waals surface area (Å²) in [5.74, 6) is -0.152. The largest absolute Gasteiger partial charge is 0.371 e. The smallest absolute Gasteiger partial charge is 0.256 e. The molecule has 0 spiro atoms. The van der Waals surface area contributed by atoms with Crippen molar-refractivity contribution in [2.75, 3.05) is 36.4 Å². The molecule has 0 unspecified atom stereocenters. The lowest BCUT2D eigenvalue weighted by atomic mass is 10.1. The van der Waals surface area contributed by atoms with Crippen LogP contribution in [0.25, 0.3) is 0 Å². The number of hydrogen-bond donors (Lipinski definition) is 1. The standard InChI is InChI=1S/C23H26ClN3O2/c24-18-8-6-17(7-9-18)22(28)25-19-10-11-21(26-12-4-5-13-26)20(16-19)23(29)27-14-2-1-3-15-27/h6-11,16H,1-5,12-15H2,(H,25,28). The number of piperidine rings is 1. The molecule has 0 aliphatic carbocycles. The molecule has 2 aliphatic rings. The summed E-state index contributed by atoms with van der Waals surface area (Å²) in [5, 5.41) is 3.51. The molecule has 0 saturated carbocycles. The minimum Gasteiger partial charge on any atom is -0.371 e. The van der Waals surface area contributed by atoms with Gasteiger partial charge in [0.2, 0.25) is 0 Å². The van der Waals surface area contributed by atoms with Crippen molar-refractivity contribution in [2.24, 2.45) is 0 Å². The van der Waals surface area contributed by atoms with E-state index >= 15 is 0 Å². The van der Waals surface area contributed by atoms with Crippen LogP contribution in [0.5, 0.6) is 0 Å². The van der Waals surface area contributed by atoms with Crippen LogP contribution in [0.15, 0.2) is 42.5 Å². The topological polar surface area (TPSA) is 52.7 Å². The van der Waals surface area contributed by atoms with Crippen molar-refractivity contribution in [1.29, 1.82) is 0 Å². The van der Waals surface area contributed by atoms with E-state index in [2.05, 4.69) is 10.2 Å². The monoisotopic (exact) mass is 411 g/mol. The lowest BCUT2D eigenvalue weighted by Crippen LogP contribution is -2.36. The molecule has 0 aromatic heterocycles. The Morgan fingerprint density at radius 1 is 0.828 bits per heavy atom. The van der Waals surface area contributed by atoms with Crippen LogP contribution in [0.2, 0.25) is 5.02 Å². The molecular formula is C23H26ClN3O2. The van der Waals surface area contributed by atoms with Gasteiger partial charge in [0.15, 0.2) is 0 Å². The lowest BCUT2D eigenvalue weighted by molar-refractivity contribution is 0.0724. The summed E-state index contributed by atoms with van der Waals surface area (Å²) in [6.45, 7) is 3.55. The minimum atomic E-state index is -0.216. The highest BCUT2D eigenvalue weighted by Crippen LogP contribution is 2.29. The van der Waals surface area contributed by atoms with Gasteiger partial charge < -0.3 is 15.1 Å². The molecule has 2 aromatic rings. The molecule has 6 heteroatoms. The van der Waals surface area contributed by atoms with E-state index in [-0.39, 0.29) is 11.8 Å². The summed E-state index contributed by atoms with van der Waals surface area (Å²) in [5.41, 5.74) is 2.82. The second-order valence-electron chi connectivity index (χ2n) is 7.74. The quantitative estimate of drug-likeness (QED) is 0.784. The second-order valence-corrected chi connectivity index (χ2v) is 8.18. The van der Waals surface area contributed by atoms with Crippen LogP contribution in [0.3, 0.4) is 0 Å². The molecule has 152 valence electrons. The Labute approximate surface area is 176 Å². The van der Waals surface area contributed by atoms with Gasteiger partial charge in [0.1, 0.15) is 0 Å². The Morgan fingerprint density at radius 3 is 2.17 bits per heavy atom. The first-order chi connectivity index (χ1) is 14.1. The minimum absolute atomic E-state index is 0.0641. The molecule has 2 amide bonds. The second kappa shape index (κ2) is 8.87. The van der Waals surface area contributed by atoms with E-state index in [4.69, 9.17) is 11.6 Å². The van der Waals surface area contributed by atoms with Gasteiger partial charge in [0.05, 0.1) is 5.56 Å². The Hall–Kier alpha value is -2.53. The van der Waals surface area contributed by atoms with Gasteiger partial charge in [-0.25, -0.2) is 0 Å². The van der Waals surface area contributed by atoms with Crippen LogP contribution < -0.4 is 10.2 Å². The maximum Gasteiger partial charge on any atom is 0.256 e. The summed E-state index contributed by atoms with van der Waals surface area (Å²) in [4.78, 5) is 30.1. The van der Waals surface area contributed by atoms with Crippen molar-refractivity contribution in [2.45, 2.75) is 32.1 Å². The average molecular weight is 412 g/mol. The van der Waals surface area contributed by atoms with Crippen LogP contribution in [0, 0.1) is 0 Å². The Balaban J connectivity index is 1.60. The third kappa shape index (κ3) is 4.56. The molecule has 1 N–H and O–H groups in total. The van der Waals surface area contributed by atoms with Crippen molar-refractivity contribution in [1.82, 2.24) is 4.90 Å². The molecule has 2 fully saturated rings. The highest BCUT2D eigenvalue weighted by atomic mass is 35.5. The van der Waals surface area contributed by atoms with E-state index in [1.165, 1.54) is 6.42 Å². The van der Waals surface area contributed by atoms with E-state index < -0.39 is 0 Å². The van der Waals surface area contributed by atoms with Gasteiger partial charge >= 0.3 is 0 Å². The molecule has 2 heterocycles. The van der Waals surface area contributed by atoms with Crippen molar-refractivity contribution in [3.8, 4) is 0 Å². The third-order valence-electron chi connectivity index (χ3n) is 5.68. The fraction of sp³-hybridized carbons (Fsp3) is 0.391. The highest BCUT2D eigenvalue weighted by Gasteiger charge is 2.25. The first-order valence-corrected chi connectivity index (χ1v) is 10.7. The normalized spacial score (nSPS) is 16.7. The molecule has 0 atom stereocenters. The van der Waals surface area contributed by atoms with Crippen molar-refractivity contribution >= 4 is 34.8 Å². The van der Waals surface area contributed by atoms with Gasteiger partial charge in [-0.05, 0) is 74.6 Å². The molecule has 2 aliphatic heterocycles. The van der Waals surface area contributed by atoms with E-state index in [9.17, 15) is 9.59 Å². The number of carbonyl (C=O) groups is 2. The predicted octanol–water partition coefficient (Wildman–Crippen LogP) is 4.82. The average Bonchev–Trinajstić information content (AvgIpc) is 3.29. The summed E-state index contributed by atoms with van der Waals surface area (Å²) in [6, 6.07) is 12.5. The van der Waals surface area contributed by atoms with Crippen LogP contribution in [-0.4, -0.2) is 42.9 Å². The van der Waals surface area contributed by atoms with Crippen LogP contribution in [0.4, 0.5) is 11.4 Å². The van der Waals surface area contributed by atoms with Gasteiger partial charge in [-0.2, -0.15) is 0 Å². The number of anilines is 2. The number of hydrogen-bond acceptors (Lipinski definition) is 3. The number of carbonyl (C=O) groups excluding carboxylic acids is 2. The summed E-state index contributed by atoms with van der Waals surface area (Å²) in [6.07, 6.45) is 5.58. The molecule has 2 aromatic carbocycles. The van der Waals surface area contributed by atoms with Gasteiger partial charge in [-0.3, -0.25) is 9.59 Å². The molecule has 0 radical (unpaired) electrons. The lowest BCUT2D eigenvalue weighted by Gasteiger charge is -2.29. The summed E-state index contributed by atoms with van der Waals surface area (Å²) < 4.78 is 0. The molecule has 4 rings (SSSR count). The van der Waals surface area contributed by atoms with E-state index in [0.717, 1.165) is 57.5 Å². The van der Waals surface area contributed by atoms with E-state index in [1.807, 2.05) is 23.1 Å². The number of rotatable bonds is 4. The van der Waals surface area contributed by atoms with Gasteiger partial charge in [0, 0.05) is 48.1 Å². The van der Waals surface area contributed by atoms with E-state index in [1.54, 1.807) is 24.3 Å². The molecule has 0 bridgehead atoms. The molecular weight excluding hydrogens is 386 g/mol.